The smallest absolute Gasteiger partial charge is 0.178 e. The van der Waals surface area contributed by atoms with E-state index in [1.54, 1.807) is 12.1 Å². The molecule has 4 nitrogen and oxygen atoms in total. The molecule has 158 valence electrons. The van der Waals surface area contributed by atoms with Crippen LogP contribution in [0.2, 0.25) is 0 Å². The molecule has 1 aliphatic heterocycles. The molecule has 1 saturated heterocycles. The molecule has 2 aliphatic carbocycles. The fourth-order valence-corrected chi connectivity index (χ4v) is 5.78. The topological polar surface area (TPSA) is 36.3 Å². The van der Waals surface area contributed by atoms with Gasteiger partial charge in [0.2, 0.25) is 0 Å². The molecule has 1 spiro atoms. The van der Waals surface area contributed by atoms with Crippen LogP contribution in [0.1, 0.15) is 36.1 Å². The summed E-state index contributed by atoms with van der Waals surface area (Å²) in [7, 11) is 0. The number of rotatable bonds is 3. The molecule has 2 aromatic carbocycles. The number of benzene rings is 2. The van der Waals surface area contributed by atoms with Crippen molar-refractivity contribution in [2.75, 3.05) is 13.2 Å². The van der Waals surface area contributed by atoms with Gasteiger partial charge in [-0.15, -0.1) is 0 Å². The lowest BCUT2D eigenvalue weighted by molar-refractivity contribution is -0.239. The molecule has 3 aliphatic rings. The molecule has 0 amide bonds. The maximum Gasteiger partial charge on any atom is 0.178 e. The Hall–Kier alpha value is -2.76. The number of hydrogen-bond donors (Lipinski definition) is 0. The molecule has 0 radical (unpaired) electrons. The number of hydrogen-bond acceptors (Lipinski definition) is 3. The summed E-state index contributed by atoms with van der Waals surface area (Å²) in [5.41, 5.74) is 5.56. The monoisotopic (exact) mass is 416 g/mol. The van der Waals surface area contributed by atoms with Gasteiger partial charge in [0.05, 0.1) is 36.2 Å². The zero-order chi connectivity index (χ0) is 20.9. The summed E-state index contributed by atoms with van der Waals surface area (Å²) in [6, 6.07) is 17.2. The lowest BCUT2D eigenvalue weighted by Crippen LogP contribution is -2.56. The summed E-state index contributed by atoms with van der Waals surface area (Å²) in [5, 5.41) is 4.68. The molecule has 2 heterocycles. The largest absolute Gasteiger partial charge is 0.347 e. The molecule has 5 heteroatoms. The minimum absolute atomic E-state index is 0.241. The summed E-state index contributed by atoms with van der Waals surface area (Å²) in [6.45, 7) is 1.29. The fourth-order valence-electron chi connectivity index (χ4n) is 5.78. The van der Waals surface area contributed by atoms with Gasteiger partial charge in [-0.05, 0) is 67.2 Å². The SMILES string of the molecule is Fc1ccc(-n2ncc3c2C=C2CCCC4(OCCO4)C2(Cc2ccccc2)C3)cc1. The van der Waals surface area contributed by atoms with E-state index in [9.17, 15) is 4.39 Å². The van der Waals surface area contributed by atoms with Crippen LogP contribution in [0.4, 0.5) is 4.39 Å². The number of aromatic nitrogens is 2. The van der Waals surface area contributed by atoms with Crippen LogP contribution in [-0.2, 0) is 22.3 Å². The minimum atomic E-state index is -0.581. The van der Waals surface area contributed by atoms with Crippen molar-refractivity contribution in [1.29, 1.82) is 0 Å². The Morgan fingerprint density at radius 1 is 1.00 bits per heavy atom. The Balaban J connectivity index is 1.49. The Morgan fingerprint density at radius 2 is 1.77 bits per heavy atom. The molecule has 1 saturated carbocycles. The van der Waals surface area contributed by atoms with Crippen LogP contribution in [0.25, 0.3) is 11.8 Å². The van der Waals surface area contributed by atoms with Crippen molar-refractivity contribution in [3.8, 4) is 5.69 Å². The molecule has 2 fully saturated rings. The number of halogens is 1. The van der Waals surface area contributed by atoms with Crippen LogP contribution in [0.3, 0.4) is 0 Å². The first-order valence-corrected chi connectivity index (χ1v) is 11.0. The van der Waals surface area contributed by atoms with Gasteiger partial charge >= 0.3 is 0 Å². The maximum absolute atomic E-state index is 13.4. The summed E-state index contributed by atoms with van der Waals surface area (Å²) in [5.74, 6) is -0.822. The predicted octanol–water partition coefficient (Wildman–Crippen LogP) is 5.11. The molecule has 31 heavy (non-hydrogen) atoms. The van der Waals surface area contributed by atoms with E-state index in [-0.39, 0.29) is 11.2 Å². The molecular formula is C26H25FN2O2. The standard InChI is InChI=1S/C26H25FN2O2/c27-22-8-10-23(11-9-22)29-24-15-21-7-4-12-26(30-13-14-31-26)25(21,17-20(24)18-28-29)16-19-5-2-1-3-6-19/h1-3,5-6,8-11,15,18H,4,7,12-14,16-17H2. The van der Waals surface area contributed by atoms with Crippen molar-refractivity contribution in [3.63, 3.8) is 0 Å². The fraction of sp³-hybridized carbons (Fsp3) is 0.346. The highest BCUT2D eigenvalue weighted by Gasteiger charge is 2.60. The number of ether oxygens (including phenoxy) is 2. The highest BCUT2D eigenvalue weighted by Crippen LogP contribution is 2.58. The van der Waals surface area contributed by atoms with E-state index in [2.05, 4.69) is 41.5 Å². The molecule has 3 aromatic rings. The van der Waals surface area contributed by atoms with Crippen LogP contribution >= 0.6 is 0 Å². The van der Waals surface area contributed by atoms with Gasteiger partial charge in [0, 0.05) is 6.42 Å². The average molecular weight is 416 g/mol. The summed E-state index contributed by atoms with van der Waals surface area (Å²) in [4.78, 5) is 0. The normalized spacial score (nSPS) is 24.0. The third-order valence-corrected chi connectivity index (χ3v) is 7.16. The second-order valence-corrected chi connectivity index (χ2v) is 8.84. The van der Waals surface area contributed by atoms with Gasteiger partial charge in [0.15, 0.2) is 5.79 Å². The van der Waals surface area contributed by atoms with Crippen LogP contribution in [0.15, 0.2) is 66.4 Å². The first kappa shape index (κ1) is 19.0. The number of fused-ring (bicyclic) bond motifs is 3. The van der Waals surface area contributed by atoms with Gasteiger partial charge in [-0.1, -0.05) is 35.9 Å². The summed E-state index contributed by atoms with van der Waals surface area (Å²) in [6.07, 6.45) is 8.93. The molecule has 1 unspecified atom stereocenters. The number of nitrogens with zero attached hydrogens (tertiary/aromatic N) is 2. The Bertz CT molecular complexity index is 1130. The summed E-state index contributed by atoms with van der Waals surface area (Å²) < 4.78 is 28.2. The third kappa shape index (κ3) is 2.91. The average Bonchev–Trinajstić information content (AvgIpc) is 3.42. The molecule has 6 rings (SSSR count). The van der Waals surface area contributed by atoms with E-state index >= 15 is 0 Å². The molecule has 1 atom stereocenters. The highest BCUT2D eigenvalue weighted by atomic mass is 19.1. The van der Waals surface area contributed by atoms with E-state index in [1.807, 2.05) is 10.9 Å². The Kier molecular flexibility index (Phi) is 4.37. The first-order chi connectivity index (χ1) is 15.2. The van der Waals surface area contributed by atoms with Gasteiger partial charge in [-0.3, -0.25) is 0 Å². The predicted molar refractivity (Wildman–Crippen MR) is 116 cm³/mol. The molecule has 0 bridgehead atoms. The Labute approximate surface area is 181 Å². The van der Waals surface area contributed by atoms with Gasteiger partial charge in [0.1, 0.15) is 5.82 Å². The van der Waals surface area contributed by atoms with E-state index in [0.29, 0.717) is 13.2 Å². The van der Waals surface area contributed by atoms with Crippen LogP contribution < -0.4 is 0 Å². The molecule has 1 aromatic heterocycles. The lowest BCUT2D eigenvalue weighted by Gasteiger charge is -2.53. The van der Waals surface area contributed by atoms with Crippen LogP contribution in [0, 0.1) is 11.2 Å². The van der Waals surface area contributed by atoms with Crippen molar-refractivity contribution in [2.45, 2.75) is 37.9 Å². The summed E-state index contributed by atoms with van der Waals surface area (Å²) >= 11 is 0. The second-order valence-electron chi connectivity index (χ2n) is 8.84. The van der Waals surface area contributed by atoms with Crippen molar-refractivity contribution in [1.82, 2.24) is 9.78 Å². The van der Waals surface area contributed by atoms with E-state index in [0.717, 1.165) is 43.5 Å². The zero-order valence-corrected chi connectivity index (χ0v) is 17.4. The van der Waals surface area contributed by atoms with Crippen molar-refractivity contribution in [2.24, 2.45) is 5.41 Å². The zero-order valence-electron chi connectivity index (χ0n) is 17.4. The Morgan fingerprint density at radius 3 is 2.55 bits per heavy atom. The van der Waals surface area contributed by atoms with Crippen LogP contribution in [0.5, 0.6) is 0 Å². The first-order valence-electron chi connectivity index (χ1n) is 11.0. The van der Waals surface area contributed by atoms with Crippen molar-refractivity contribution >= 4 is 6.08 Å². The quantitative estimate of drug-likeness (QED) is 0.596. The van der Waals surface area contributed by atoms with Crippen molar-refractivity contribution in [3.05, 3.63) is 89.0 Å². The molecular weight excluding hydrogens is 391 g/mol. The van der Waals surface area contributed by atoms with Gasteiger partial charge < -0.3 is 9.47 Å². The van der Waals surface area contributed by atoms with Gasteiger partial charge in [0.25, 0.3) is 0 Å². The highest BCUT2D eigenvalue weighted by molar-refractivity contribution is 5.62. The second kappa shape index (κ2) is 7.14. The van der Waals surface area contributed by atoms with Gasteiger partial charge in [-0.2, -0.15) is 5.10 Å². The van der Waals surface area contributed by atoms with Crippen LogP contribution in [-0.4, -0.2) is 28.8 Å². The third-order valence-electron chi connectivity index (χ3n) is 7.16. The van der Waals surface area contributed by atoms with Crippen molar-refractivity contribution < 1.29 is 13.9 Å². The lowest BCUT2D eigenvalue weighted by atomic mass is 9.58. The molecule has 0 N–H and O–H groups in total. The maximum atomic E-state index is 13.4. The van der Waals surface area contributed by atoms with E-state index < -0.39 is 5.79 Å². The van der Waals surface area contributed by atoms with E-state index in [1.165, 1.54) is 28.8 Å². The minimum Gasteiger partial charge on any atom is -0.347 e. The van der Waals surface area contributed by atoms with E-state index in [4.69, 9.17) is 9.47 Å². The van der Waals surface area contributed by atoms with Gasteiger partial charge in [-0.25, -0.2) is 9.07 Å².